The standard InChI is InChI=1S/C14H28S/c1-6-13(12(3)4)8-10-14(7-2,15-5)11-9-13/h12H,6-11H2,1-5H3. The van der Waals surface area contributed by atoms with Crippen LogP contribution in [-0.2, 0) is 0 Å². The summed E-state index contributed by atoms with van der Waals surface area (Å²) >= 11 is 2.12. The average molecular weight is 228 g/mol. The molecule has 1 rings (SSSR count). The Balaban J connectivity index is 2.67. The van der Waals surface area contributed by atoms with Crippen molar-refractivity contribution in [1.29, 1.82) is 0 Å². The van der Waals surface area contributed by atoms with E-state index in [1.807, 2.05) is 0 Å². The highest BCUT2D eigenvalue weighted by molar-refractivity contribution is 8.00. The van der Waals surface area contributed by atoms with Crippen LogP contribution in [0.25, 0.3) is 0 Å². The number of hydrogen-bond acceptors (Lipinski definition) is 1. The van der Waals surface area contributed by atoms with Gasteiger partial charge in [0.2, 0.25) is 0 Å². The van der Waals surface area contributed by atoms with Gasteiger partial charge in [0, 0.05) is 4.75 Å². The molecule has 0 atom stereocenters. The maximum atomic E-state index is 2.42. The summed E-state index contributed by atoms with van der Waals surface area (Å²) in [6.07, 6.45) is 10.8. The lowest BCUT2D eigenvalue weighted by Gasteiger charge is -2.47. The molecule has 15 heavy (non-hydrogen) atoms. The van der Waals surface area contributed by atoms with Crippen LogP contribution in [0.15, 0.2) is 0 Å². The molecule has 1 heteroatoms. The first kappa shape index (κ1) is 13.4. The van der Waals surface area contributed by atoms with Gasteiger partial charge in [-0.1, -0.05) is 34.1 Å². The number of hydrogen-bond donors (Lipinski definition) is 0. The van der Waals surface area contributed by atoms with Gasteiger partial charge >= 0.3 is 0 Å². The Labute approximate surface area is 101 Å². The molecule has 1 aliphatic carbocycles. The van der Waals surface area contributed by atoms with Gasteiger partial charge in [0.25, 0.3) is 0 Å². The van der Waals surface area contributed by atoms with Gasteiger partial charge < -0.3 is 0 Å². The van der Waals surface area contributed by atoms with Crippen molar-refractivity contribution in [2.24, 2.45) is 11.3 Å². The van der Waals surface area contributed by atoms with E-state index in [2.05, 4.69) is 45.7 Å². The first-order valence-corrected chi connectivity index (χ1v) is 7.82. The normalized spacial score (nSPS) is 37.2. The summed E-state index contributed by atoms with van der Waals surface area (Å²) in [6, 6.07) is 0. The van der Waals surface area contributed by atoms with Crippen LogP contribution in [0.5, 0.6) is 0 Å². The minimum Gasteiger partial charge on any atom is -0.159 e. The second-order valence-electron chi connectivity index (χ2n) is 5.61. The Morgan fingerprint density at radius 2 is 1.53 bits per heavy atom. The molecule has 0 radical (unpaired) electrons. The molecule has 0 unspecified atom stereocenters. The molecule has 90 valence electrons. The molecule has 1 fully saturated rings. The topological polar surface area (TPSA) is 0 Å². The van der Waals surface area contributed by atoms with Crippen molar-refractivity contribution < 1.29 is 0 Å². The lowest BCUT2D eigenvalue weighted by Crippen LogP contribution is -2.38. The molecule has 0 amide bonds. The van der Waals surface area contributed by atoms with E-state index in [-0.39, 0.29) is 0 Å². The van der Waals surface area contributed by atoms with Crippen LogP contribution in [0.3, 0.4) is 0 Å². The van der Waals surface area contributed by atoms with Crippen molar-refractivity contribution in [2.75, 3.05) is 6.26 Å². The lowest BCUT2D eigenvalue weighted by molar-refractivity contribution is 0.0944. The SMILES string of the molecule is CCC1(SC)CCC(CC)(C(C)C)CC1. The van der Waals surface area contributed by atoms with Crippen LogP contribution in [0.2, 0.25) is 0 Å². The van der Waals surface area contributed by atoms with Crippen LogP contribution in [0.1, 0.15) is 66.2 Å². The molecule has 0 aromatic heterocycles. The zero-order chi connectivity index (χ0) is 11.5. The maximum Gasteiger partial charge on any atom is 0.0155 e. The van der Waals surface area contributed by atoms with Crippen molar-refractivity contribution in [2.45, 2.75) is 71.0 Å². The van der Waals surface area contributed by atoms with Crippen LogP contribution in [0, 0.1) is 11.3 Å². The summed E-state index contributed by atoms with van der Waals surface area (Å²) in [4.78, 5) is 0. The van der Waals surface area contributed by atoms with Crippen molar-refractivity contribution in [3.05, 3.63) is 0 Å². The van der Waals surface area contributed by atoms with Gasteiger partial charge in [0.1, 0.15) is 0 Å². The zero-order valence-corrected chi connectivity index (χ0v) is 12.0. The third-order valence-corrected chi connectivity index (χ3v) is 6.73. The van der Waals surface area contributed by atoms with Crippen LogP contribution in [0.4, 0.5) is 0 Å². The summed E-state index contributed by atoms with van der Waals surface area (Å²) in [6.45, 7) is 9.59. The van der Waals surface area contributed by atoms with Crippen molar-refractivity contribution in [3.63, 3.8) is 0 Å². The summed E-state index contributed by atoms with van der Waals surface area (Å²) in [5, 5.41) is 0. The fourth-order valence-electron chi connectivity index (χ4n) is 3.24. The minimum absolute atomic E-state index is 0.619. The smallest absolute Gasteiger partial charge is 0.0155 e. The second kappa shape index (κ2) is 5.12. The minimum atomic E-state index is 0.619. The molecule has 0 heterocycles. The second-order valence-corrected chi connectivity index (χ2v) is 6.89. The zero-order valence-electron chi connectivity index (χ0n) is 11.2. The van der Waals surface area contributed by atoms with Gasteiger partial charge in [-0.15, -0.1) is 0 Å². The first-order valence-electron chi connectivity index (χ1n) is 6.59. The van der Waals surface area contributed by atoms with Crippen LogP contribution in [-0.4, -0.2) is 11.0 Å². The third-order valence-electron chi connectivity index (χ3n) is 5.16. The van der Waals surface area contributed by atoms with Gasteiger partial charge in [-0.2, -0.15) is 11.8 Å². The Morgan fingerprint density at radius 3 is 1.80 bits per heavy atom. The van der Waals surface area contributed by atoms with Gasteiger partial charge in [-0.25, -0.2) is 0 Å². The summed E-state index contributed by atoms with van der Waals surface area (Å²) < 4.78 is 0.619. The van der Waals surface area contributed by atoms with Crippen LogP contribution < -0.4 is 0 Å². The van der Waals surface area contributed by atoms with Crippen LogP contribution >= 0.6 is 11.8 Å². The predicted octanol–water partition coefficient (Wildman–Crippen LogP) is 5.12. The molecule has 0 spiro atoms. The Kier molecular flexibility index (Phi) is 4.58. The van der Waals surface area contributed by atoms with Gasteiger partial charge in [0.15, 0.2) is 0 Å². The molecule has 0 aromatic rings. The maximum absolute atomic E-state index is 2.42. The van der Waals surface area contributed by atoms with E-state index < -0.39 is 0 Å². The fourth-order valence-corrected chi connectivity index (χ4v) is 4.15. The monoisotopic (exact) mass is 228 g/mol. The van der Waals surface area contributed by atoms with E-state index in [4.69, 9.17) is 0 Å². The first-order chi connectivity index (χ1) is 7.04. The molecule has 0 aliphatic heterocycles. The van der Waals surface area contributed by atoms with E-state index in [1.54, 1.807) is 0 Å². The summed E-state index contributed by atoms with van der Waals surface area (Å²) in [5.41, 5.74) is 0.661. The molecule has 0 bridgehead atoms. The highest BCUT2D eigenvalue weighted by Gasteiger charge is 2.41. The Morgan fingerprint density at radius 1 is 1.00 bits per heavy atom. The molecule has 0 nitrogen and oxygen atoms in total. The summed E-state index contributed by atoms with van der Waals surface area (Å²) in [5.74, 6) is 0.860. The molecule has 0 aromatic carbocycles. The average Bonchev–Trinajstić information content (AvgIpc) is 2.29. The van der Waals surface area contributed by atoms with E-state index in [0.717, 1.165) is 5.92 Å². The summed E-state index contributed by atoms with van der Waals surface area (Å²) in [7, 11) is 0. The molecule has 1 aliphatic rings. The number of rotatable bonds is 4. The number of thioether (sulfide) groups is 1. The molecular weight excluding hydrogens is 200 g/mol. The van der Waals surface area contributed by atoms with Crippen molar-refractivity contribution in [3.8, 4) is 0 Å². The molecular formula is C14H28S. The quantitative estimate of drug-likeness (QED) is 0.643. The Hall–Kier alpha value is 0.350. The van der Waals surface area contributed by atoms with Crippen molar-refractivity contribution in [1.82, 2.24) is 0 Å². The fraction of sp³-hybridized carbons (Fsp3) is 1.00. The van der Waals surface area contributed by atoms with Crippen molar-refractivity contribution >= 4 is 11.8 Å². The largest absolute Gasteiger partial charge is 0.159 e. The van der Waals surface area contributed by atoms with E-state index in [0.29, 0.717) is 10.2 Å². The van der Waals surface area contributed by atoms with Gasteiger partial charge in [0.05, 0.1) is 0 Å². The highest BCUT2D eigenvalue weighted by Crippen LogP contribution is 2.52. The van der Waals surface area contributed by atoms with E-state index in [1.165, 1.54) is 38.5 Å². The van der Waals surface area contributed by atoms with Gasteiger partial charge in [-0.05, 0) is 49.7 Å². The third kappa shape index (κ3) is 2.54. The molecule has 0 saturated heterocycles. The predicted molar refractivity (Wildman–Crippen MR) is 72.6 cm³/mol. The lowest BCUT2D eigenvalue weighted by atomic mass is 9.62. The van der Waals surface area contributed by atoms with E-state index >= 15 is 0 Å². The highest BCUT2D eigenvalue weighted by atomic mass is 32.2. The Bertz CT molecular complexity index is 182. The molecule has 1 saturated carbocycles. The van der Waals surface area contributed by atoms with Gasteiger partial charge in [-0.3, -0.25) is 0 Å². The molecule has 0 N–H and O–H groups in total. The van der Waals surface area contributed by atoms with E-state index in [9.17, 15) is 0 Å².